The molecule has 4 rings (SSSR count). The summed E-state index contributed by atoms with van der Waals surface area (Å²) in [6.45, 7) is 7.67. The number of hydrogen-bond donors (Lipinski definition) is 1. The summed E-state index contributed by atoms with van der Waals surface area (Å²) in [5.74, 6) is 0.579. The zero-order chi connectivity index (χ0) is 24.6. The fraction of sp³-hybridized carbons (Fsp3) is 0.370. The Bertz CT molecular complexity index is 1130. The van der Waals surface area contributed by atoms with Gasteiger partial charge in [0, 0.05) is 54.8 Å². The van der Waals surface area contributed by atoms with Crippen LogP contribution in [0.3, 0.4) is 0 Å². The molecule has 0 spiro atoms. The SMILES string of the molecule is CCN(CC)c1ccc(-c2csc(C3CCN(C(=O)CNC(=O)/C=C\c4ccco4)CC3)n2)cc1. The normalized spacial score (nSPS) is 14.4. The van der Waals surface area contributed by atoms with Gasteiger partial charge in [-0.2, -0.15) is 0 Å². The smallest absolute Gasteiger partial charge is 0.244 e. The Morgan fingerprint density at radius 1 is 1.17 bits per heavy atom. The zero-order valence-electron chi connectivity index (χ0n) is 20.3. The number of furan rings is 1. The summed E-state index contributed by atoms with van der Waals surface area (Å²) in [6, 6.07) is 12.1. The number of carbonyl (C=O) groups is 2. The fourth-order valence-corrected chi connectivity index (χ4v) is 5.29. The molecular weight excluding hydrogens is 460 g/mol. The Hall–Kier alpha value is -3.39. The van der Waals surface area contributed by atoms with E-state index in [1.165, 1.54) is 11.8 Å². The zero-order valence-corrected chi connectivity index (χ0v) is 21.1. The van der Waals surface area contributed by atoms with Crippen molar-refractivity contribution in [3.63, 3.8) is 0 Å². The molecule has 0 aliphatic carbocycles. The Balaban J connectivity index is 1.25. The quantitative estimate of drug-likeness (QED) is 0.435. The van der Waals surface area contributed by atoms with Crippen molar-refractivity contribution >= 4 is 34.9 Å². The minimum atomic E-state index is -0.315. The Morgan fingerprint density at radius 3 is 2.57 bits per heavy atom. The van der Waals surface area contributed by atoms with Gasteiger partial charge in [0.15, 0.2) is 0 Å². The van der Waals surface area contributed by atoms with Gasteiger partial charge in [-0.05, 0) is 57.0 Å². The third-order valence-electron chi connectivity index (χ3n) is 6.37. The molecule has 0 bridgehead atoms. The van der Waals surface area contributed by atoms with Crippen molar-refractivity contribution in [1.82, 2.24) is 15.2 Å². The fourth-order valence-electron chi connectivity index (χ4n) is 4.29. The van der Waals surface area contributed by atoms with Gasteiger partial charge in [-0.25, -0.2) is 4.98 Å². The van der Waals surface area contributed by atoms with Gasteiger partial charge in [0.25, 0.3) is 0 Å². The van der Waals surface area contributed by atoms with Crippen molar-refractivity contribution < 1.29 is 14.0 Å². The number of thiazole rings is 1. The predicted octanol–water partition coefficient (Wildman–Crippen LogP) is 4.78. The molecule has 1 aliphatic heterocycles. The first-order valence-electron chi connectivity index (χ1n) is 12.1. The molecule has 1 fully saturated rings. The number of likely N-dealkylation sites (tertiary alicyclic amines) is 1. The molecule has 0 saturated carbocycles. The molecule has 3 heterocycles. The van der Waals surface area contributed by atoms with Crippen LogP contribution in [-0.4, -0.2) is 54.4 Å². The van der Waals surface area contributed by atoms with Crippen LogP contribution in [0.5, 0.6) is 0 Å². The average Bonchev–Trinajstić information content (AvgIpc) is 3.60. The van der Waals surface area contributed by atoms with Crippen molar-refractivity contribution in [2.24, 2.45) is 0 Å². The molecule has 8 heteroatoms. The van der Waals surface area contributed by atoms with Crippen LogP contribution in [0.2, 0.25) is 0 Å². The molecule has 7 nitrogen and oxygen atoms in total. The van der Waals surface area contributed by atoms with Gasteiger partial charge >= 0.3 is 0 Å². The van der Waals surface area contributed by atoms with Gasteiger partial charge in [0.05, 0.1) is 23.5 Å². The van der Waals surface area contributed by atoms with Crippen molar-refractivity contribution in [3.8, 4) is 11.3 Å². The van der Waals surface area contributed by atoms with Crippen LogP contribution in [-0.2, 0) is 9.59 Å². The number of benzene rings is 1. The molecule has 0 radical (unpaired) electrons. The first-order valence-corrected chi connectivity index (χ1v) is 13.0. The highest BCUT2D eigenvalue weighted by atomic mass is 32.1. The number of nitrogens with zero attached hydrogens (tertiary/aromatic N) is 3. The number of amides is 2. The van der Waals surface area contributed by atoms with E-state index in [0.29, 0.717) is 24.8 Å². The molecule has 2 amide bonds. The van der Waals surface area contributed by atoms with E-state index in [1.54, 1.807) is 35.8 Å². The second-order valence-corrected chi connectivity index (χ2v) is 9.40. The lowest BCUT2D eigenvalue weighted by molar-refractivity contribution is -0.133. The molecule has 3 aromatic rings. The molecule has 1 N–H and O–H groups in total. The van der Waals surface area contributed by atoms with E-state index in [4.69, 9.17) is 9.40 Å². The number of nitrogens with one attached hydrogen (secondary N) is 1. The average molecular weight is 493 g/mol. The van der Waals surface area contributed by atoms with E-state index in [9.17, 15) is 9.59 Å². The standard InChI is InChI=1S/C27H32N4O3S/c1-3-30(4-2)22-9-7-20(8-10-22)24-19-35-27(29-24)21-13-15-31(16-14-21)26(33)18-28-25(32)12-11-23-6-5-17-34-23/h5-12,17,19,21H,3-4,13-16,18H2,1-2H3,(H,28,32)/b12-11-. The lowest BCUT2D eigenvalue weighted by atomic mass is 9.97. The molecule has 1 saturated heterocycles. The molecule has 1 aliphatic rings. The highest BCUT2D eigenvalue weighted by Gasteiger charge is 2.26. The van der Waals surface area contributed by atoms with Crippen molar-refractivity contribution in [1.29, 1.82) is 0 Å². The van der Waals surface area contributed by atoms with Crippen LogP contribution in [0.15, 0.2) is 58.5 Å². The summed E-state index contributed by atoms with van der Waals surface area (Å²) in [4.78, 5) is 33.6. The van der Waals surface area contributed by atoms with Crippen LogP contribution in [0.1, 0.15) is 43.4 Å². The van der Waals surface area contributed by atoms with Gasteiger partial charge in [-0.1, -0.05) is 12.1 Å². The van der Waals surface area contributed by atoms with Crippen LogP contribution in [0, 0.1) is 0 Å². The molecule has 0 atom stereocenters. The van der Waals surface area contributed by atoms with Crippen LogP contribution in [0.4, 0.5) is 5.69 Å². The molecule has 0 unspecified atom stereocenters. The Morgan fingerprint density at radius 2 is 1.91 bits per heavy atom. The highest BCUT2D eigenvalue weighted by molar-refractivity contribution is 7.10. The predicted molar refractivity (Wildman–Crippen MR) is 140 cm³/mol. The maximum absolute atomic E-state index is 12.5. The summed E-state index contributed by atoms with van der Waals surface area (Å²) in [7, 11) is 0. The van der Waals surface area contributed by atoms with E-state index in [-0.39, 0.29) is 18.4 Å². The first-order chi connectivity index (χ1) is 17.1. The third-order valence-corrected chi connectivity index (χ3v) is 7.37. The summed E-state index contributed by atoms with van der Waals surface area (Å²) < 4.78 is 5.15. The minimum absolute atomic E-state index is 0.00309. The van der Waals surface area contributed by atoms with E-state index < -0.39 is 0 Å². The van der Waals surface area contributed by atoms with Crippen LogP contribution >= 0.6 is 11.3 Å². The number of hydrogen-bond acceptors (Lipinski definition) is 6. The summed E-state index contributed by atoms with van der Waals surface area (Å²) in [5.41, 5.74) is 3.38. The van der Waals surface area contributed by atoms with Gasteiger partial charge in [0.1, 0.15) is 5.76 Å². The lowest BCUT2D eigenvalue weighted by Gasteiger charge is -2.31. The number of aromatic nitrogens is 1. The molecule has 2 aromatic heterocycles. The maximum atomic E-state index is 12.5. The Labute approximate surface area is 210 Å². The lowest BCUT2D eigenvalue weighted by Crippen LogP contribution is -2.43. The van der Waals surface area contributed by atoms with Crippen molar-refractivity contribution in [2.75, 3.05) is 37.6 Å². The maximum Gasteiger partial charge on any atom is 0.244 e. The number of piperidine rings is 1. The molecular formula is C27H32N4O3S. The molecule has 35 heavy (non-hydrogen) atoms. The number of carbonyl (C=O) groups excluding carboxylic acids is 2. The topological polar surface area (TPSA) is 78.7 Å². The van der Waals surface area contributed by atoms with Crippen LogP contribution in [0.25, 0.3) is 17.3 Å². The second kappa shape index (κ2) is 11.8. The summed E-state index contributed by atoms with van der Waals surface area (Å²) >= 11 is 1.70. The van der Waals surface area contributed by atoms with Crippen molar-refractivity contribution in [3.05, 3.63) is 64.9 Å². The largest absolute Gasteiger partial charge is 0.465 e. The van der Waals surface area contributed by atoms with Gasteiger partial charge in [-0.15, -0.1) is 11.3 Å². The number of anilines is 1. The molecule has 184 valence electrons. The van der Waals surface area contributed by atoms with E-state index >= 15 is 0 Å². The van der Waals surface area contributed by atoms with Gasteiger partial charge in [0.2, 0.25) is 11.8 Å². The summed E-state index contributed by atoms with van der Waals surface area (Å²) in [6.07, 6.45) is 6.25. The number of rotatable bonds is 9. The Kier molecular flexibility index (Phi) is 8.36. The van der Waals surface area contributed by atoms with E-state index in [0.717, 1.165) is 42.2 Å². The molecule has 1 aromatic carbocycles. The second-order valence-electron chi connectivity index (χ2n) is 8.51. The van der Waals surface area contributed by atoms with E-state index in [2.05, 4.69) is 53.7 Å². The minimum Gasteiger partial charge on any atom is -0.465 e. The van der Waals surface area contributed by atoms with E-state index in [1.807, 2.05) is 4.90 Å². The van der Waals surface area contributed by atoms with Gasteiger partial charge in [-0.3, -0.25) is 9.59 Å². The van der Waals surface area contributed by atoms with Crippen LogP contribution < -0.4 is 10.2 Å². The third kappa shape index (κ3) is 6.39. The first kappa shape index (κ1) is 24.7. The highest BCUT2D eigenvalue weighted by Crippen LogP contribution is 2.33. The monoisotopic (exact) mass is 492 g/mol. The van der Waals surface area contributed by atoms with Gasteiger partial charge < -0.3 is 19.5 Å². The summed E-state index contributed by atoms with van der Waals surface area (Å²) in [5, 5.41) is 5.92. The van der Waals surface area contributed by atoms with Crippen molar-refractivity contribution in [2.45, 2.75) is 32.6 Å².